The van der Waals surface area contributed by atoms with Crippen LogP contribution < -0.4 is 5.32 Å². The standard InChI is InChI=1S/C18H19N3O/c1-11(2)14-9-15-12(3)19-18(20-16(15)10-14)21-17(22)13-7-5-4-6-8-13/h4-8,14H,1,9-10H2,2-3H3,(H,19,20,21,22). The summed E-state index contributed by atoms with van der Waals surface area (Å²) in [4.78, 5) is 21.2. The molecule has 2 aromatic rings. The number of hydrogen-bond donors (Lipinski definition) is 1. The van der Waals surface area contributed by atoms with Gasteiger partial charge in [0.2, 0.25) is 5.95 Å². The van der Waals surface area contributed by atoms with Crippen molar-refractivity contribution in [2.24, 2.45) is 5.92 Å². The molecular formula is C18H19N3O. The van der Waals surface area contributed by atoms with Crippen LogP contribution in [0.5, 0.6) is 0 Å². The Balaban J connectivity index is 1.83. The van der Waals surface area contributed by atoms with Crippen molar-refractivity contribution >= 4 is 11.9 Å². The number of carbonyl (C=O) groups excluding carboxylic acids is 1. The second kappa shape index (κ2) is 5.72. The lowest BCUT2D eigenvalue weighted by molar-refractivity contribution is 0.102. The highest BCUT2D eigenvalue weighted by Gasteiger charge is 2.26. The largest absolute Gasteiger partial charge is 0.290 e. The number of amides is 1. The molecule has 0 fully saturated rings. The Hall–Kier alpha value is -2.49. The fourth-order valence-electron chi connectivity index (χ4n) is 2.81. The van der Waals surface area contributed by atoms with Gasteiger partial charge in [0, 0.05) is 11.3 Å². The van der Waals surface area contributed by atoms with Crippen molar-refractivity contribution in [3.8, 4) is 0 Å². The number of aryl methyl sites for hydroxylation is 1. The number of allylic oxidation sites excluding steroid dienone is 1. The lowest BCUT2D eigenvalue weighted by Crippen LogP contribution is -2.15. The minimum absolute atomic E-state index is 0.186. The highest BCUT2D eigenvalue weighted by molar-refractivity contribution is 6.03. The number of fused-ring (bicyclic) bond motifs is 1. The Morgan fingerprint density at radius 3 is 2.64 bits per heavy atom. The van der Waals surface area contributed by atoms with Crippen LogP contribution in [-0.2, 0) is 12.8 Å². The van der Waals surface area contributed by atoms with Crippen LogP contribution in [0.25, 0.3) is 0 Å². The van der Waals surface area contributed by atoms with Crippen molar-refractivity contribution < 1.29 is 4.79 Å². The van der Waals surface area contributed by atoms with Gasteiger partial charge in [-0.15, -0.1) is 0 Å². The number of rotatable bonds is 3. The number of hydrogen-bond acceptors (Lipinski definition) is 3. The van der Waals surface area contributed by atoms with Gasteiger partial charge in [0.1, 0.15) is 0 Å². The van der Waals surface area contributed by atoms with Crippen LogP contribution in [0.1, 0.15) is 34.2 Å². The van der Waals surface area contributed by atoms with Crippen molar-refractivity contribution in [1.82, 2.24) is 9.97 Å². The summed E-state index contributed by atoms with van der Waals surface area (Å²) in [6.45, 7) is 8.07. The second-order valence-corrected chi connectivity index (χ2v) is 5.83. The normalized spacial score (nSPS) is 16.2. The van der Waals surface area contributed by atoms with E-state index in [0.29, 0.717) is 17.4 Å². The van der Waals surface area contributed by atoms with Crippen LogP contribution in [0, 0.1) is 12.8 Å². The molecule has 1 aliphatic carbocycles. The Morgan fingerprint density at radius 1 is 1.23 bits per heavy atom. The van der Waals surface area contributed by atoms with E-state index in [1.165, 1.54) is 11.1 Å². The van der Waals surface area contributed by atoms with Crippen LogP contribution in [0.15, 0.2) is 42.5 Å². The van der Waals surface area contributed by atoms with E-state index in [1.807, 2.05) is 25.1 Å². The molecule has 0 spiro atoms. The van der Waals surface area contributed by atoms with Crippen LogP contribution in [0.3, 0.4) is 0 Å². The first kappa shape index (κ1) is 14.4. The topological polar surface area (TPSA) is 54.9 Å². The molecule has 3 rings (SSSR count). The first-order valence-electron chi connectivity index (χ1n) is 7.43. The van der Waals surface area contributed by atoms with E-state index in [0.717, 1.165) is 24.2 Å². The summed E-state index contributed by atoms with van der Waals surface area (Å²) < 4.78 is 0. The van der Waals surface area contributed by atoms with E-state index in [9.17, 15) is 4.79 Å². The Labute approximate surface area is 130 Å². The maximum Gasteiger partial charge on any atom is 0.258 e. The molecule has 1 amide bonds. The lowest BCUT2D eigenvalue weighted by Gasteiger charge is -2.08. The third kappa shape index (κ3) is 2.77. The minimum Gasteiger partial charge on any atom is -0.290 e. The molecule has 22 heavy (non-hydrogen) atoms. The molecule has 0 saturated heterocycles. The maximum atomic E-state index is 12.2. The number of carbonyl (C=O) groups is 1. The van der Waals surface area contributed by atoms with Crippen molar-refractivity contribution in [3.05, 3.63) is 65.0 Å². The minimum atomic E-state index is -0.186. The van der Waals surface area contributed by atoms with Gasteiger partial charge >= 0.3 is 0 Å². The van der Waals surface area contributed by atoms with E-state index < -0.39 is 0 Å². The van der Waals surface area contributed by atoms with E-state index in [2.05, 4.69) is 28.8 Å². The number of nitrogens with one attached hydrogen (secondary N) is 1. The summed E-state index contributed by atoms with van der Waals surface area (Å²) in [5.74, 6) is 0.630. The molecule has 1 aliphatic rings. The van der Waals surface area contributed by atoms with Crippen LogP contribution in [0.2, 0.25) is 0 Å². The number of nitrogens with zero attached hydrogens (tertiary/aromatic N) is 2. The van der Waals surface area contributed by atoms with Crippen molar-refractivity contribution in [2.75, 3.05) is 5.32 Å². The smallest absolute Gasteiger partial charge is 0.258 e. The highest BCUT2D eigenvalue weighted by atomic mass is 16.1. The molecule has 0 bridgehead atoms. The first-order chi connectivity index (χ1) is 10.5. The molecule has 112 valence electrons. The van der Waals surface area contributed by atoms with Crippen LogP contribution in [-0.4, -0.2) is 15.9 Å². The number of anilines is 1. The molecule has 1 atom stereocenters. The molecule has 0 saturated carbocycles. The molecule has 1 aromatic heterocycles. The second-order valence-electron chi connectivity index (χ2n) is 5.83. The van der Waals surface area contributed by atoms with E-state index >= 15 is 0 Å². The predicted molar refractivity (Wildman–Crippen MR) is 86.9 cm³/mol. The zero-order valence-electron chi connectivity index (χ0n) is 12.9. The molecule has 4 nitrogen and oxygen atoms in total. The first-order valence-corrected chi connectivity index (χ1v) is 7.43. The average molecular weight is 293 g/mol. The fraction of sp³-hybridized carbons (Fsp3) is 0.278. The van der Waals surface area contributed by atoms with Crippen molar-refractivity contribution in [2.45, 2.75) is 26.7 Å². The summed E-state index contributed by atoms with van der Waals surface area (Å²) in [6, 6.07) is 9.09. The van der Waals surface area contributed by atoms with Crippen molar-refractivity contribution in [3.63, 3.8) is 0 Å². The van der Waals surface area contributed by atoms with Gasteiger partial charge in [0.25, 0.3) is 5.91 Å². The highest BCUT2D eigenvalue weighted by Crippen LogP contribution is 2.31. The zero-order chi connectivity index (χ0) is 15.7. The van der Waals surface area contributed by atoms with Gasteiger partial charge in [-0.3, -0.25) is 10.1 Å². The van der Waals surface area contributed by atoms with Gasteiger partial charge in [-0.05, 0) is 50.3 Å². The molecule has 0 aliphatic heterocycles. The van der Waals surface area contributed by atoms with Crippen molar-refractivity contribution in [1.29, 1.82) is 0 Å². The van der Waals surface area contributed by atoms with Gasteiger partial charge in [-0.2, -0.15) is 0 Å². The van der Waals surface area contributed by atoms with E-state index in [1.54, 1.807) is 12.1 Å². The van der Waals surface area contributed by atoms with E-state index in [4.69, 9.17) is 0 Å². The summed E-state index contributed by atoms with van der Waals surface area (Å²) in [5, 5.41) is 2.79. The summed E-state index contributed by atoms with van der Waals surface area (Å²) >= 11 is 0. The molecule has 0 radical (unpaired) electrons. The molecule has 1 heterocycles. The van der Waals surface area contributed by atoms with Crippen LogP contribution in [0.4, 0.5) is 5.95 Å². The molecular weight excluding hydrogens is 274 g/mol. The fourth-order valence-corrected chi connectivity index (χ4v) is 2.81. The summed E-state index contributed by atoms with van der Waals surface area (Å²) in [6.07, 6.45) is 1.83. The molecule has 1 aromatic carbocycles. The third-order valence-electron chi connectivity index (χ3n) is 4.15. The zero-order valence-corrected chi connectivity index (χ0v) is 12.9. The Kier molecular flexibility index (Phi) is 3.75. The van der Waals surface area contributed by atoms with Gasteiger partial charge < -0.3 is 0 Å². The molecule has 1 unspecified atom stereocenters. The number of benzene rings is 1. The van der Waals surface area contributed by atoms with Gasteiger partial charge in [-0.25, -0.2) is 9.97 Å². The third-order valence-corrected chi connectivity index (χ3v) is 4.15. The average Bonchev–Trinajstić information content (AvgIpc) is 2.93. The van der Waals surface area contributed by atoms with Gasteiger partial charge in [0.05, 0.1) is 5.69 Å². The summed E-state index contributed by atoms with van der Waals surface area (Å²) in [5.41, 5.74) is 4.95. The lowest BCUT2D eigenvalue weighted by atomic mass is 9.99. The predicted octanol–water partition coefficient (Wildman–Crippen LogP) is 3.33. The monoisotopic (exact) mass is 293 g/mol. The Bertz CT molecular complexity index is 737. The van der Waals surface area contributed by atoms with Gasteiger partial charge in [0.15, 0.2) is 0 Å². The maximum absolute atomic E-state index is 12.2. The summed E-state index contributed by atoms with van der Waals surface area (Å²) in [7, 11) is 0. The van der Waals surface area contributed by atoms with Crippen LogP contribution >= 0.6 is 0 Å². The molecule has 1 N–H and O–H groups in total. The SMILES string of the molecule is C=C(C)C1Cc2nc(NC(=O)c3ccccc3)nc(C)c2C1. The van der Waals surface area contributed by atoms with E-state index in [-0.39, 0.29) is 5.91 Å². The quantitative estimate of drug-likeness (QED) is 0.883. The molecule has 4 heteroatoms. The Morgan fingerprint density at radius 2 is 1.95 bits per heavy atom. The number of aromatic nitrogens is 2. The van der Waals surface area contributed by atoms with Gasteiger partial charge in [-0.1, -0.05) is 30.4 Å².